The van der Waals surface area contributed by atoms with Gasteiger partial charge in [-0.25, -0.2) is 0 Å². The number of nitrogens with one attached hydrogen (secondary N) is 1. The summed E-state index contributed by atoms with van der Waals surface area (Å²) >= 11 is 0. The maximum Gasteiger partial charge on any atom is 0.0701 e. The zero-order valence-corrected chi connectivity index (χ0v) is 12.1. The monoisotopic (exact) mass is 261 g/mol. The van der Waals surface area contributed by atoms with Crippen molar-refractivity contribution in [1.82, 2.24) is 5.32 Å². The number of ether oxygens (including phenoxy) is 2. The van der Waals surface area contributed by atoms with Gasteiger partial charge in [0, 0.05) is 19.2 Å². The lowest BCUT2D eigenvalue weighted by atomic mass is 10.1. The third kappa shape index (κ3) is 18.3. The molecule has 0 bridgehead atoms. The van der Waals surface area contributed by atoms with Gasteiger partial charge in [0.15, 0.2) is 0 Å². The topological polar surface area (TPSA) is 30.5 Å². The molecule has 0 aliphatic carbocycles. The molecule has 0 saturated carbocycles. The van der Waals surface area contributed by atoms with Gasteiger partial charge >= 0.3 is 0 Å². The lowest BCUT2D eigenvalue weighted by molar-refractivity contribution is 0.0468. The molecule has 112 valence electrons. The summed E-state index contributed by atoms with van der Waals surface area (Å²) in [6.45, 7) is 12.8. The summed E-state index contributed by atoms with van der Waals surface area (Å²) in [5.41, 5.74) is 0. The Kier molecular flexibility index (Phi) is 16.8. The standard InChI is InChI=1S/C14H31NO2.CH4/c1-13(2)7-5-6-9-16-11-12-17-10-8-15-14(3)4;/h13-15H,5-12H2,1-4H3;1H4. The molecule has 0 radical (unpaired) electrons. The van der Waals surface area contributed by atoms with Gasteiger partial charge in [-0.15, -0.1) is 0 Å². The highest BCUT2D eigenvalue weighted by atomic mass is 16.5. The van der Waals surface area contributed by atoms with E-state index in [1.54, 1.807) is 0 Å². The smallest absolute Gasteiger partial charge is 0.0701 e. The Balaban J connectivity index is 0. The van der Waals surface area contributed by atoms with Crippen LogP contribution in [0, 0.1) is 5.92 Å². The molecule has 0 aromatic heterocycles. The quantitative estimate of drug-likeness (QED) is 0.546. The molecule has 18 heavy (non-hydrogen) atoms. The Bertz CT molecular complexity index is 133. The van der Waals surface area contributed by atoms with Crippen LogP contribution < -0.4 is 5.32 Å². The summed E-state index contributed by atoms with van der Waals surface area (Å²) in [5, 5.41) is 3.31. The van der Waals surface area contributed by atoms with Crippen molar-refractivity contribution < 1.29 is 9.47 Å². The molecule has 0 aliphatic heterocycles. The molecule has 0 spiro atoms. The Morgan fingerprint density at radius 3 is 2.00 bits per heavy atom. The molecule has 3 nitrogen and oxygen atoms in total. The summed E-state index contributed by atoms with van der Waals surface area (Å²) in [7, 11) is 0. The summed E-state index contributed by atoms with van der Waals surface area (Å²) in [6, 6.07) is 0.538. The lowest BCUT2D eigenvalue weighted by Crippen LogP contribution is -2.27. The van der Waals surface area contributed by atoms with Crippen molar-refractivity contribution in [1.29, 1.82) is 0 Å². The van der Waals surface area contributed by atoms with Crippen molar-refractivity contribution in [2.75, 3.05) is 33.0 Å². The first-order valence-electron chi connectivity index (χ1n) is 7.01. The number of rotatable bonds is 12. The average Bonchev–Trinajstić information content (AvgIpc) is 2.25. The zero-order valence-electron chi connectivity index (χ0n) is 12.1. The molecule has 0 atom stereocenters. The van der Waals surface area contributed by atoms with E-state index in [0.717, 1.165) is 32.3 Å². The Morgan fingerprint density at radius 1 is 0.833 bits per heavy atom. The van der Waals surface area contributed by atoms with Crippen LogP contribution >= 0.6 is 0 Å². The highest BCUT2D eigenvalue weighted by Gasteiger charge is 1.95. The van der Waals surface area contributed by atoms with Crippen LogP contribution in [0.1, 0.15) is 54.4 Å². The van der Waals surface area contributed by atoms with Crippen LogP contribution in [0.25, 0.3) is 0 Å². The second-order valence-electron chi connectivity index (χ2n) is 5.22. The first-order chi connectivity index (χ1) is 8.13. The Morgan fingerprint density at radius 2 is 1.44 bits per heavy atom. The van der Waals surface area contributed by atoms with E-state index in [-0.39, 0.29) is 7.43 Å². The molecule has 0 unspecified atom stereocenters. The van der Waals surface area contributed by atoms with Crippen LogP contribution in [-0.4, -0.2) is 39.0 Å². The van der Waals surface area contributed by atoms with Gasteiger partial charge in [0.05, 0.1) is 19.8 Å². The summed E-state index contributed by atoms with van der Waals surface area (Å²) < 4.78 is 10.9. The van der Waals surface area contributed by atoms with E-state index in [1.165, 1.54) is 19.3 Å². The van der Waals surface area contributed by atoms with Gasteiger partial charge < -0.3 is 14.8 Å². The zero-order chi connectivity index (χ0) is 12.9. The molecule has 0 saturated heterocycles. The van der Waals surface area contributed by atoms with E-state index in [1.807, 2.05) is 0 Å². The van der Waals surface area contributed by atoms with Crippen molar-refractivity contribution in [2.45, 2.75) is 60.4 Å². The average molecular weight is 261 g/mol. The van der Waals surface area contributed by atoms with Crippen LogP contribution in [0.15, 0.2) is 0 Å². The van der Waals surface area contributed by atoms with E-state index in [9.17, 15) is 0 Å². The second-order valence-corrected chi connectivity index (χ2v) is 5.22. The predicted molar refractivity (Wildman–Crippen MR) is 80.2 cm³/mol. The van der Waals surface area contributed by atoms with E-state index < -0.39 is 0 Å². The SMILES string of the molecule is C.CC(C)CCCCOCCOCCNC(C)C. The van der Waals surface area contributed by atoms with E-state index in [0.29, 0.717) is 12.6 Å². The minimum absolute atomic E-state index is 0. The van der Waals surface area contributed by atoms with Crippen LogP contribution in [-0.2, 0) is 9.47 Å². The van der Waals surface area contributed by atoms with Gasteiger partial charge in [0.1, 0.15) is 0 Å². The molecule has 1 N–H and O–H groups in total. The van der Waals surface area contributed by atoms with Crippen molar-refractivity contribution >= 4 is 0 Å². The molecular weight excluding hydrogens is 226 g/mol. The van der Waals surface area contributed by atoms with Crippen LogP contribution in [0.2, 0.25) is 0 Å². The minimum Gasteiger partial charge on any atom is -0.379 e. The predicted octanol–water partition coefficient (Wildman–Crippen LogP) is 3.48. The molecule has 0 heterocycles. The summed E-state index contributed by atoms with van der Waals surface area (Å²) in [6.07, 6.45) is 3.75. The van der Waals surface area contributed by atoms with E-state index in [4.69, 9.17) is 9.47 Å². The van der Waals surface area contributed by atoms with E-state index >= 15 is 0 Å². The van der Waals surface area contributed by atoms with Crippen LogP contribution in [0.3, 0.4) is 0 Å². The molecule has 0 rings (SSSR count). The number of hydrogen-bond donors (Lipinski definition) is 1. The summed E-state index contributed by atoms with van der Waals surface area (Å²) in [4.78, 5) is 0. The Labute approximate surface area is 115 Å². The molecule has 0 fully saturated rings. The largest absolute Gasteiger partial charge is 0.379 e. The number of unbranched alkanes of at least 4 members (excludes halogenated alkanes) is 1. The lowest BCUT2D eigenvalue weighted by Gasteiger charge is -2.09. The third-order valence-electron chi connectivity index (χ3n) is 2.49. The van der Waals surface area contributed by atoms with Gasteiger partial charge in [0.25, 0.3) is 0 Å². The van der Waals surface area contributed by atoms with Crippen LogP contribution in [0.4, 0.5) is 0 Å². The van der Waals surface area contributed by atoms with Gasteiger partial charge in [0.2, 0.25) is 0 Å². The van der Waals surface area contributed by atoms with Gasteiger partial charge in [-0.1, -0.05) is 48.0 Å². The fourth-order valence-corrected chi connectivity index (χ4v) is 1.50. The fourth-order valence-electron chi connectivity index (χ4n) is 1.50. The maximum absolute atomic E-state index is 5.50. The molecule has 0 amide bonds. The molecule has 0 aromatic carbocycles. The van der Waals surface area contributed by atoms with Gasteiger partial charge in [-0.3, -0.25) is 0 Å². The van der Waals surface area contributed by atoms with E-state index in [2.05, 4.69) is 33.0 Å². The minimum atomic E-state index is 0. The van der Waals surface area contributed by atoms with Crippen molar-refractivity contribution in [3.05, 3.63) is 0 Å². The first kappa shape index (κ1) is 20.2. The molecule has 3 heteroatoms. The number of hydrogen-bond acceptors (Lipinski definition) is 3. The second kappa shape index (κ2) is 14.9. The van der Waals surface area contributed by atoms with Crippen molar-refractivity contribution in [3.63, 3.8) is 0 Å². The Hall–Kier alpha value is -0.120. The van der Waals surface area contributed by atoms with Crippen molar-refractivity contribution in [2.24, 2.45) is 5.92 Å². The molecule has 0 aliphatic rings. The van der Waals surface area contributed by atoms with Crippen LogP contribution in [0.5, 0.6) is 0 Å². The normalized spacial score (nSPS) is 11.0. The van der Waals surface area contributed by atoms with Gasteiger partial charge in [-0.05, 0) is 12.3 Å². The molecule has 0 aromatic rings. The highest BCUT2D eigenvalue weighted by Crippen LogP contribution is 2.05. The molecular formula is C15H35NO2. The highest BCUT2D eigenvalue weighted by molar-refractivity contribution is 4.50. The summed E-state index contributed by atoms with van der Waals surface area (Å²) in [5.74, 6) is 0.812. The first-order valence-corrected chi connectivity index (χ1v) is 7.01. The fraction of sp³-hybridized carbons (Fsp3) is 1.00. The van der Waals surface area contributed by atoms with Gasteiger partial charge in [-0.2, -0.15) is 0 Å². The maximum atomic E-state index is 5.50. The van der Waals surface area contributed by atoms with Crippen molar-refractivity contribution in [3.8, 4) is 0 Å². The third-order valence-corrected chi connectivity index (χ3v) is 2.49.